The molecule has 0 fully saturated rings. The Morgan fingerprint density at radius 2 is 2.15 bits per heavy atom. The molecule has 0 saturated carbocycles. The van der Waals surface area contributed by atoms with Crippen molar-refractivity contribution < 1.29 is 0 Å². The summed E-state index contributed by atoms with van der Waals surface area (Å²) in [5, 5.41) is 13.0. The Morgan fingerprint density at radius 3 is 2.90 bits per heavy atom. The Kier molecular flexibility index (Phi) is 3.35. The molecule has 1 aromatic carbocycles. The maximum atomic E-state index is 8.66. The largest absolute Gasteiger partial charge is 0.363 e. The predicted octanol–water partition coefficient (Wildman–Crippen LogP) is 3.20. The molecule has 2 aromatic heterocycles. The second-order valence-electron chi connectivity index (χ2n) is 4.28. The second kappa shape index (κ2) is 5.31. The molecule has 0 radical (unpaired) electrons. The van der Waals surface area contributed by atoms with Crippen LogP contribution in [-0.4, -0.2) is 15.0 Å². The smallest absolute Gasteiger partial charge is 0.158 e. The van der Waals surface area contributed by atoms with Crippen LogP contribution in [-0.2, 0) is 6.54 Å². The van der Waals surface area contributed by atoms with Crippen LogP contribution in [0.2, 0.25) is 0 Å². The Labute approximate surface area is 123 Å². The Balaban J connectivity index is 1.74. The van der Waals surface area contributed by atoms with E-state index < -0.39 is 0 Å². The van der Waals surface area contributed by atoms with E-state index in [0.29, 0.717) is 18.1 Å². The zero-order valence-electron chi connectivity index (χ0n) is 10.4. The van der Waals surface area contributed by atoms with E-state index in [4.69, 9.17) is 5.26 Å². The highest BCUT2D eigenvalue weighted by Crippen LogP contribution is 2.20. The lowest BCUT2D eigenvalue weighted by atomic mass is 10.2. The van der Waals surface area contributed by atoms with Crippen molar-refractivity contribution in [1.82, 2.24) is 15.0 Å². The first-order valence-corrected chi connectivity index (χ1v) is 6.77. The SMILES string of the molecule is N#Cc1cnc(NCc2cc3cc(Br)ccc3[nH]2)cn1. The van der Waals surface area contributed by atoms with Gasteiger partial charge in [-0.15, -0.1) is 0 Å². The summed E-state index contributed by atoms with van der Waals surface area (Å²) < 4.78 is 1.06. The van der Waals surface area contributed by atoms with Crippen LogP contribution < -0.4 is 5.32 Å². The summed E-state index contributed by atoms with van der Waals surface area (Å²) in [5.74, 6) is 0.642. The van der Waals surface area contributed by atoms with E-state index in [1.807, 2.05) is 18.2 Å². The van der Waals surface area contributed by atoms with Crippen molar-refractivity contribution in [3.05, 3.63) is 52.5 Å². The van der Waals surface area contributed by atoms with Gasteiger partial charge in [0.1, 0.15) is 11.9 Å². The molecule has 2 N–H and O–H groups in total. The average Bonchev–Trinajstić information content (AvgIpc) is 2.87. The Hall–Kier alpha value is -2.39. The average molecular weight is 328 g/mol. The summed E-state index contributed by atoms with van der Waals surface area (Å²) >= 11 is 3.46. The topological polar surface area (TPSA) is 77.4 Å². The molecule has 0 aliphatic carbocycles. The number of benzene rings is 1. The second-order valence-corrected chi connectivity index (χ2v) is 5.19. The van der Waals surface area contributed by atoms with E-state index in [0.717, 1.165) is 21.1 Å². The zero-order chi connectivity index (χ0) is 13.9. The van der Waals surface area contributed by atoms with E-state index in [1.165, 1.54) is 6.20 Å². The molecule has 0 spiro atoms. The lowest BCUT2D eigenvalue weighted by Gasteiger charge is -2.02. The van der Waals surface area contributed by atoms with Gasteiger partial charge in [0.25, 0.3) is 0 Å². The number of nitrogens with one attached hydrogen (secondary N) is 2. The van der Waals surface area contributed by atoms with E-state index in [2.05, 4.69) is 48.3 Å². The van der Waals surface area contributed by atoms with Gasteiger partial charge in [-0.05, 0) is 24.3 Å². The number of fused-ring (bicyclic) bond motifs is 1. The highest BCUT2D eigenvalue weighted by Gasteiger charge is 2.02. The van der Waals surface area contributed by atoms with Gasteiger partial charge in [0.05, 0.1) is 18.9 Å². The standard InChI is InChI=1S/C14H10BrN5/c15-10-1-2-13-9(3-10)4-11(20-13)6-18-14-8-17-12(5-16)7-19-14/h1-4,7-8,20H,6H2,(H,18,19). The molecule has 0 aliphatic rings. The summed E-state index contributed by atoms with van der Waals surface area (Å²) in [6.45, 7) is 0.618. The van der Waals surface area contributed by atoms with E-state index in [1.54, 1.807) is 6.20 Å². The van der Waals surface area contributed by atoms with Crippen LogP contribution in [0.15, 0.2) is 41.1 Å². The van der Waals surface area contributed by atoms with Gasteiger partial charge >= 0.3 is 0 Å². The van der Waals surface area contributed by atoms with Crippen molar-refractivity contribution >= 4 is 32.7 Å². The fourth-order valence-electron chi connectivity index (χ4n) is 1.92. The molecule has 2 heterocycles. The summed E-state index contributed by atoms with van der Waals surface area (Å²) in [6.07, 6.45) is 3.00. The maximum absolute atomic E-state index is 8.66. The molecule has 0 unspecified atom stereocenters. The molecule has 98 valence electrons. The molecule has 20 heavy (non-hydrogen) atoms. The molecule has 0 bridgehead atoms. The fraction of sp³-hybridized carbons (Fsp3) is 0.0714. The number of halogens is 1. The summed E-state index contributed by atoms with van der Waals surface area (Å²) in [7, 11) is 0. The Bertz CT molecular complexity index is 785. The molecule has 5 nitrogen and oxygen atoms in total. The molecular weight excluding hydrogens is 318 g/mol. The van der Waals surface area contributed by atoms with Crippen molar-refractivity contribution in [3.63, 3.8) is 0 Å². The number of aromatic nitrogens is 3. The normalized spacial score (nSPS) is 10.4. The van der Waals surface area contributed by atoms with Crippen LogP contribution in [0.5, 0.6) is 0 Å². The first-order chi connectivity index (χ1) is 9.74. The number of hydrogen-bond donors (Lipinski definition) is 2. The number of nitriles is 1. The van der Waals surface area contributed by atoms with Gasteiger partial charge in [0.2, 0.25) is 0 Å². The van der Waals surface area contributed by atoms with E-state index in [9.17, 15) is 0 Å². The molecule has 0 amide bonds. The van der Waals surface area contributed by atoms with Crippen LogP contribution in [0.4, 0.5) is 5.82 Å². The van der Waals surface area contributed by atoms with Crippen molar-refractivity contribution in [3.8, 4) is 6.07 Å². The highest BCUT2D eigenvalue weighted by atomic mass is 79.9. The Morgan fingerprint density at radius 1 is 1.25 bits per heavy atom. The molecule has 3 aromatic rings. The summed E-state index contributed by atoms with van der Waals surface area (Å²) in [4.78, 5) is 11.4. The lowest BCUT2D eigenvalue weighted by molar-refractivity contribution is 1.04. The van der Waals surface area contributed by atoms with Gasteiger partial charge in [0.15, 0.2) is 5.69 Å². The van der Waals surface area contributed by atoms with Gasteiger partial charge in [-0.25, -0.2) is 9.97 Å². The monoisotopic (exact) mass is 327 g/mol. The van der Waals surface area contributed by atoms with Gasteiger partial charge in [0, 0.05) is 21.1 Å². The third-order valence-corrected chi connectivity index (χ3v) is 3.36. The quantitative estimate of drug-likeness (QED) is 0.774. The number of anilines is 1. The summed E-state index contributed by atoms with van der Waals surface area (Å²) in [6, 6.07) is 10.1. The number of aromatic amines is 1. The molecule has 0 atom stereocenters. The van der Waals surface area contributed by atoms with Gasteiger partial charge < -0.3 is 10.3 Å². The van der Waals surface area contributed by atoms with E-state index in [-0.39, 0.29) is 0 Å². The molecule has 3 rings (SSSR count). The third-order valence-electron chi connectivity index (χ3n) is 2.86. The minimum absolute atomic E-state index is 0.311. The van der Waals surface area contributed by atoms with Crippen molar-refractivity contribution in [2.75, 3.05) is 5.32 Å². The first-order valence-electron chi connectivity index (χ1n) is 5.98. The zero-order valence-corrected chi connectivity index (χ0v) is 12.0. The predicted molar refractivity (Wildman–Crippen MR) is 80.1 cm³/mol. The fourth-order valence-corrected chi connectivity index (χ4v) is 2.30. The van der Waals surface area contributed by atoms with Crippen LogP contribution >= 0.6 is 15.9 Å². The van der Waals surface area contributed by atoms with Crippen molar-refractivity contribution in [2.24, 2.45) is 0 Å². The number of nitrogens with zero attached hydrogens (tertiary/aromatic N) is 3. The van der Waals surface area contributed by atoms with Gasteiger partial charge in [-0.2, -0.15) is 5.26 Å². The number of H-pyrrole nitrogens is 1. The molecule has 0 aliphatic heterocycles. The summed E-state index contributed by atoms with van der Waals surface area (Å²) in [5.41, 5.74) is 2.46. The van der Waals surface area contributed by atoms with Gasteiger partial charge in [-0.3, -0.25) is 0 Å². The minimum atomic E-state index is 0.311. The third kappa shape index (κ3) is 2.63. The van der Waals surface area contributed by atoms with Crippen molar-refractivity contribution in [2.45, 2.75) is 6.54 Å². The number of hydrogen-bond acceptors (Lipinski definition) is 4. The van der Waals surface area contributed by atoms with E-state index >= 15 is 0 Å². The minimum Gasteiger partial charge on any atom is -0.363 e. The highest BCUT2D eigenvalue weighted by molar-refractivity contribution is 9.10. The lowest BCUT2D eigenvalue weighted by Crippen LogP contribution is -2.02. The van der Waals surface area contributed by atoms with Crippen LogP contribution in [0, 0.1) is 11.3 Å². The van der Waals surface area contributed by atoms with Gasteiger partial charge in [-0.1, -0.05) is 15.9 Å². The van der Waals surface area contributed by atoms with Crippen LogP contribution in [0.25, 0.3) is 10.9 Å². The molecule has 0 saturated heterocycles. The first kappa shape index (κ1) is 12.6. The van der Waals surface area contributed by atoms with Crippen LogP contribution in [0.1, 0.15) is 11.4 Å². The van der Waals surface area contributed by atoms with Crippen LogP contribution in [0.3, 0.4) is 0 Å². The number of rotatable bonds is 3. The maximum Gasteiger partial charge on any atom is 0.158 e. The molecule has 6 heteroatoms. The van der Waals surface area contributed by atoms with Crippen molar-refractivity contribution in [1.29, 1.82) is 5.26 Å². The molecular formula is C14H10BrN5.